The molecule has 0 saturated carbocycles. The first-order chi connectivity index (χ1) is 10.0. The van der Waals surface area contributed by atoms with Crippen LogP contribution in [0.1, 0.15) is 34.7 Å². The molecule has 3 rings (SSSR count). The van der Waals surface area contributed by atoms with Gasteiger partial charge in [-0.15, -0.1) is 0 Å². The molecule has 1 N–H and O–H groups in total. The van der Waals surface area contributed by atoms with Gasteiger partial charge in [0.1, 0.15) is 0 Å². The second-order valence-electron chi connectivity index (χ2n) is 5.59. The van der Waals surface area contributed by atoms with E-state index in [-0.39, 0.29) is 0 Å². The monoisotopic (exact) mass is 280 g/mol. The Labute approximate surface area is 125 Å². The summed E-state index contributed by atoms with van der Waals surface area (Å²) in [5, 5.41) is 3.03. The van der Waals surface area contributed by atoms with Gasteiger partial charge in [0.2, 0.25) is 5.95 Å². The molecule has 4 nitrogen and oxygen atoms in total. The SMILES string of the molecule is CNc1ncc2c(n1)-c1c(cc(C)c(C)c1C)C(C)=NC2. The van der Waals surface area contributed by atoms with Crippen LogP contribution in [-0.4, -0.2) is 22.7 Å². The molecular weight excluding hydrogens is 260 g/mol. The average Bonchev–Trinajstić information content (AvgIpc) is 2.62. The van der Waals surface area contributed by atoms with Crippen LogP contribution in [-0.2, 0) is 6.54 Å². The standard InChI is InChI=1S/C17H20N4/c1-9-6-14-12(4)19-7-13-8-20-17(18-5)21-16(13)15(14)11(3)10(9)2/h6,8H,7H2,1-5H3,(H,18,20,21). The van der Waals surface area contributed by atoms with Gasteiger partial charge in [-0.25, -0.2) is 9.97 Å². The molecule has 21 heavy (non-hydrogen) atoms. The maximum absolute atomic E-state index is 4.70. The van der Waals surface area contributed by atoms with Crippen LogP contribution in [0.4, 0.5) is 5.95 Å². The van der Waals surface area contributed by atoms with Crippen molar-refractivity contribution in [2.24, 2.45) is 4.99 Å². The van der Waals surface area contributed by atoms with Gasteiger partial charge in [0.05, 0.1) is 12.2 Å². The van der Waals surface area contributed by atoms with Crippen molar-refractivity contribution >= 4 is 11.7 Å². The molecule has 0 unspecified atom stereocenters. The molecule has 1 aliphatic heterocycles. The van der Waals surface area contributed by atoms with Crippen LogP contribution >= 0.6 is 0 Å². The van der Waals surface area contributed by atoms with E-state index in [9.17, 15) is 0 Å². The van der Waals surface area contributed by atoms with Crippen molar-refractivity contribution < 1.29 is 0 Å². The van der Waals surface area contributed by atoms with E-state index in [1.807, 2.05) is 13.2 Å². The molecule has 0 aliphatic carbocycles. The predicted molar refractivity (Wildman–Crippen MR) is 87.1 cm³/mol. The fraction of sp³-hybridized carbons (Fsp3) is 0.353. The summed E-state index contributed by atoms with van der Waals surface area (Å²) in [6.45, 7) is 9.20. The third-order valence-corrected chi connectivity index (χ3v) is 4.36. The third-order valence-electron chi connectivity index (χ3n) is 4.36. The number of benzene rings is 1. The summed E-state index contributed by atoms with van der Waals surface area (Å²) in [6, 6.07) is 2.23. The molecule has 1 aliphatic rings. The summed E-state index contributed by atoms with van der Waals surface area (Å²) < 4.78 is 0. The van der Waals surface area contributed by atoms with Crippen molar-refractivity contribution in [3.63, 3.8) is 0 Å². The Hall–Kier alpha value is -2.23. The zero-order valence-corrected chi connectivity index (χ0v) is 13.2. The van der Waals surface area contributed by atoms with Gasteiger partial charge in [-0.1, -0.05) is 0 Å². The fourth-order valence-corrected chi connectivity index (χ4v) is 2.82. The second-order valence-corrected chi connectivity index (χ2v) is 5.59. The minimum absolute atomic E-state index is 0.636. The molecule has 0 spiro atoms. The predicted octanol–water partition coefficient (Wildman–Crippen LogP) is 3.43. The Bertz CT molecular complexity index is 760. The zero-order chi connectivity index (χ0) is 15.1. The minimum atomic E-state index is 0.636. The molecule has 0 bridgehead atoms. The van der Waals surface area contributed by atoms with Crippen LogP contribution in [0.15, 0.2) is 17.3 Å². The summed E-state index contributed by atoms with van der Waals surface area (Å²) in [6.07, 6.45) is 1.88. The van der Waals surface area contributed by atoms with Crippen molar-refractivity contribution in [1.29, 1.82) is 0 Å². The molecule has 1 aromatic heterocycles. The Morgan fingerprint density at radius 1 is 1.10 bits per heavy atom. The molecule has 0 radical (unpaired) electrons. The van der Waals surface area contributed by atoms with Crippen molar-refractivity contribution in [2.75, 3.05) is 12.4 Å². The Balaban J connectivity index is 2.40. The maximum atomic E-state index is 4.70. The number of hydrogen-bond donors (Lipinski definition) is 1. The highest BCUT2D eigenvalue weighted by atomic mass is 15.1. The molecule has 2 heterocycles. The van der Waals surface area contributed by atoms with Crippen LogP contribution in [0.2, 0.25) is 0 Å². The zero-order valence-electron chi connectivity index (χ0n) is 13.2. The summed E-state index contributed by atoms with van der Waals surface area (Å²) in [5.74, 6) is 0.650. The molecular formula is C17H20N4. The van der Waals surface area contributed by atoms with Gasteiger partial charge in [-0.3, -0.25) is 4.99 Å². The Kier molecular flexibility index (Phi) is 3.24. The fourth-order valence-electron chi connectivity index (χ4n) is 2.82. The van der Waals surface area contributed by atoms with Crippen molar-refractivity contribution in [3.8, 4) is 11.3 Å². The van der Waals surface area contributed by atoms with E-state index in [1.165, 1.54) is 27.8 Å². The number of aliphatic imine (C=N–C) groups is 1. The molecule has 1 aromatic carbocycles. The van der Waals surface area contributed by atoms with E-state index in [0.29, 0.717) is 12.5 Å². The van der Waals surface area contributed by atoms with Crippen LogP contribution in [0, 0.1) is 20.8 Å². The largest absolute Gasteiger partial charge is 0.357 e. The summed E-state index contributed by atoms with van der Waals surface area (Å²) >= 11 is 0. The van der Waals surface area contributed by atoms with E-state index >= 15 is 0 Å². The number of aromatic nitrogens is 2. The summed E-state index contributed by atoms with van der Waals surface area (Å²) in [7, 11) is 1.84. The lowest BCUT2D eigenvalue weighted by Gasteiger charge is -2.17. The van der Waals surface area contributed by atoms with Crippen molar-refractivity contribution in [2.45, 2.75) is 34.2 Å². The third kappa shape index (κ3) is 2.11. The van der Waals surface area contributed by atoms with Crippen LogP contribution < -0.4 is 5.32 Å². The molecule has 0 saturated heterocycles. The summed E-state index contributed by atoms with van der Waals surface area (Å²) in [4.78, 5) is 13.7. The van der Waals surface area contributed by atoms with E-state index in [4.69, 9.17) is 4.98 Å². The molecule has 0 fully saturated rings. The first-order valence-corrected chi connectivity index (χ1v) is 7.19. The number of anilines is 1. The Morgan fingerprint density at radius 2 is 1.86 bits per heavy atom. The molecule has 108 valence electrons. The van der Waals surface area contributed by atoms with Crippen molar-refractivity contribution in [1.82, 2.24) is 9.97 Å². The average molecular weight is 280 g/mol. The van der Waals surface area contributed by atoms with Crippen LogP contribution in [0.25, 0.3) is 11.3 Å². The highest BCUT2D eigenvalue weighted by molar-refractivity contribution is 6.06. The number of aryl methyl sites for hydroxylation is 1. The number of nitrogens with zero attached hydrogens (tertiary/aromatic N) is 3. The minimum Gasteiger partial charge on any atom is -0.357 e. The molecule has 0 atom stereocenters. The highest BCUT2D eigenvalue weighted by Gasteiger charge is 2.21. The Morgan fingerprint density at radius 3 is 2.57 bits per heavy atom. The first-order valence-electron chi connectivity index (χ1n) is 7.19. The lowest BCUT2D eigenvalue weighted by atomic mass is 9.89. The second kappa shape index (κ2) is 4.95. The summed E-state index contributed by atoms with van der Waals surface area (Å²) in [5.41, 5.74) is 9.44. The van der Waals surface area contributed by atoms with Gasteiger partial charge in [0.15, 0.2) is 0 Å². The highest BCUT2D eigenvalue weighted by Crippen LogP contribution is 2.35. The van der Waals surface area contributed by atoms with Gasteiger partial charge in [-0.05, 0) is 50.5 Å². The van der Waals surface area contributed by atoms with Crippen LogP contribution in [0.3, 0.4) is 0 Å². The van der Waals surface area contributed by atoms with Crippen molar-refractivity contribution in [3.05, 3.63) is 40.1 Å². The van der Waals surface area contributed by atoms with E-state index in [1.54, 1.807) is 0 Å². The smallest absolute Gasteiger partial charge is 0.222 e. The van der Waals surface area contributed by atoms with E-state index in [2.05, 4.69) is 49.1 Å². The van der Waals surface area contributed by atoms with Gasteiger partial charge in [0, 0.05) is 35.6 Å². The normalized spacial score (nSPS) is 13.1. The first kappa shape index (κ1) is 13.7. The van der Waals surface area contributed by atoms with Crippen LogP contribution in [0.5, 0.6) is 0 Å². The number of rotatable bonds is 1. The lowest BCUT2D eigenvalue weighted by molar-refractivity contribution is 1.02. The molecule has 2 aromatic rings. The quantitative estimate of drug-likeness (QED) is 0.870. The molecule has 0 amide bonds. The number of hydrogen-bond acceptors (Lipinski definition) is 4. The van der Waals surface area contributed by atoms with Gasteiger partial charge in [0.25, 0.3) is 0 Å². The topological polar surface area (TPSA) is 50.2 Å². The van der Waals surface area contributed by atoms with Gasteiger partial charge in [-0.2, -0.15) is 0 Å². The maximum Gasteiger partial charge on any atom is 0.222 e. The number of nitrogens with one attached hydrogen (secondary N) is 1. The van der Waals surface area contributed by atoms with Gasteiger partial charge >= 0.3 is 0 Å². The molecule has 4 heteroatoms. The van der Waals surface area contributed by atoms with E-state index in [0.717, 1.165) is 17.0 Å². The van der Waals surface area contributed by atoms with Gasteiger partial charge < -0.3 is 5.32 Å². The lowest BCUT2D eigenvalue weighted by Crippen LogP contribution is -2.05. The number of fused-ring (bicyclic) bond motifs is 3. The van der Waals surface area contributed by atoms with E-state index < -0.39 is 0 Å².